The summed E-state index contributed by atoms with van der Waals surface area (Å²) < 4.78 is 18.2. The summed E-state index contributed by atoms with van der Waals surface area (Å²) in [5.41, 5.74) is 2.40. The second kappa shape index (κ2) is 13.8. The van der Waals surface area contributed by atoms with Gasteiger partial charge in [-0.3, -0.25) is 14.5 Å². The van der Waals surface area contributed by atoms with Crippen LogP contribution in [0.25, 0.3) is 0 Å². The number of aliphatic hydroxyl groups excluding tert-OH is 1. The third kappa shape index (κ3) is 6.67. The maximum atomic E-state index is 13.8. The van der Waals surface area contributed by atoms with E-state index in [1.54, 1.807) is 31.2 Å². The van der Waals surface area contributed by atoms with Gasteiger partial charge in [-0.15, -0.1) is 10.2 Å². The van der Waals surface area contributed by atoms with Crippen molar-refractivity contribution in [2.24, 2.45) is 0 Å². The van der Waals surface area contributed by atoms with Gasteiger partial charge in [0.2, 0.25) is 10.9 Å². The van der Waals surface area contributed by atoms with Crippen molar-refractivity contribution < 1.29 is 28.6 Å². The first-order valence-corrected chi connectivity index (χ1v) is 16.5. The smallest absolute Gasteiger partial charge is 0.296 e. The van der Waals surface area contributed by atoms with Gasteiger partial charge in [0.05, 0.1) is 18.2 Å². The van der Waals surface area contributed by atoms with Crippen molar-refractivity contribution in [2.45, 2.75) is 36.6 Å². The van der Waals surface area contributed by atoms with E-state index in [4.69, 9.17) is 25.5 Å². The zero-order valence-electron chi connectivity index (χ0n) is 24.8. The summed E-state index contributed by atoms with van der Waals surface area (Å²) in [5, 5.41) is 20.6. The van der Waals surface area contributed by atoms with Crippen molar-refractivity contribution in [3.63, 3.8) is 0 Å². The Bertz CT molecular complexity index is 1910. The van der Waals surface area contributed by atoms with Gasteiger partial charge in [-0.25, -0.2) is 0 Å². The summed E-state index contributed by atoms with van der Waals surface area (Å²) in [6, 6.07) is 24.5. The number of ether oxygens (including phenoxy) is 2. The van der Waals surface area contributed by atoms with Gasteiger partial charge in [0.15, 0.2) is 27.4 Å². The molecule has 0 fully saturated rings. The molecule has 2 aromatic heterocycles. The van der Waals surface area contributed by atoms with Crippen LogP contribution in [-0.2, 0) is 17.2 Å². The van der Waals surface area contributed by atoms with E-state index in [0.717, 1.165) is 11.1 Å². The molecule has 0 radical (unpaired) electrons. The van der Waals surface area contributed by atoms with Crippen LogP contribution in [0.2, 0.25) is 5.02 Å². The Balaban J connectivity index is 1.35. The highest BCUT2D eigenvalue weighted by Gasteiger charge is 2.47. The zero-order chi connectivity index (χ0) is 32.2. The minimum Gasteiger partial charge on any atom is -0.503 e. The van der Waals surface area contributed by atoms with Crippen molar-refractivity contribution >= 4 is 51.5 Å². The Labute approximate surface area is 278 Å². The van der Waals surface area contributed by atoms with Crippen molar-refractivity contribution in [3.8, 4) is 11.5 Å². The van der Waals surface area contributed by atoms with Gasteiger partial charge >= 0.3 is 0 Å². The van der Waals surface area contributed by atoms with Crippen molar-refractivity contribution in [2.75, 3.05) is 11.5 Å². The summed E-state index contributed by atoms with van der Waals surface area (Å²) in [5.74, 6) is -0.0286. The Kier molecular flexibility index (Phi) is 9.43. The van der Waals surface area contributed by atoms with E-state index in [1.165, 1.54) is 34.1 Å². The number of aliphatic hydroxyl groups is 1. The normalized spacial score (nSPS) is 14.6. The van der Waals surface area contributed by atoms with Crippen LogP contribution in [0.1, 0.15) is 46.0 Å². The number of thioether (sulfide) groups is 1. The molecule has 1 aliphatic rings. The lowest BCUT2D eigenvalue weighted by atomic mass is 9.95. The number of rotatable bonds is 12. The predicted octanol–water partition coefficient (Wildman–Crippen LogP) is 8.15. The number of furan rings is 1. The molecule has 46 heavy (non-hydrogen) atoms. The lowest BCUT2D eigenvalue weighted by Gasteiger charge is -2.25. The minimum atomic E-state index is -1.05. The van der Waals surface area contributed by atoms with E-state index in [2.05, 4.69) is 10.2 Å². The topological polar surface area (TPSA) is 115 Å². The van der Waals surface area contributed by atoms with E-state index < -0.39 is 23.5 Å². The third-order valence-electron chi connectivity index (χ3n) is 7.11. The summed E-state index contributed by atoms with van der Waals surface area (Å²) in [7, 11) is 0. The van der Waals surface area contributed by atoms with Gasteiger partial charge in [0.25, 0.3) is 5.91 Å². The van der Waals surface area contributed by atoms with Gasteiger partial charge in [0, 0.05) is 10.8 Å². The number of Topliss-reactive ketones (excluding diaryl/α,β-unsaturated/α-hetero) is 1. The lowest BCUT2D eigenvalue weighted by molar-refractivity contribution is -0.117. The second-order valence-electron chi connectivity index (χ2n) is 10.3. The third-order valence-corrected chi connectivity index (χ3v) is 9.49. The van der Waals surface area contributed by atoms with E-state index in [9.17, 15) is 14.7 Å². The number of amides is 1. The van der Waals surface area contributed by atoms with E-state index >= 15 is 0 Å². The summed E-state index contributed by atoms with van der Waals surface area (Å²) >= 11 is 8.65. The molecule has 1 amide bonds. The number of ketones is 1. The van der Waals surface area contributed by atoms with E-state index in [0.29, 0.717) is 51.2 Å². The molecule has 0 aliphatic carbocycles. The first-order chi connectivity index (χ1) is 22.3. The maximum absolute atomic E-state index is 13.8. The molecule has 234 valence electrons. The molecule has 1 aliphatic heterocycles. The number of benzene rings is 3. The predicted molar refractivity (Wildman–Crippen MR) is 177 cm³/mol. The van der Waals surface area contributed by atoms with E-state index in [-0.39, 0.29) is 16.5 Å². The molecule has 6 rings (SSSR count). The lowest BCUT2D eigenvalue weighted by Crippen LogP contribution is -2.31. The summed E-state index contributed by atoms with van der Waals surface area (Å²) in [6.45, 7) is 4.23. The highest BCUT2D eigenvalue weighted by Crippen LogP contribution is 2.45. The number of aromatic nitrogens is 2. The molecule has 0 bridgehead atoms. The number of hydrogen-bond donors (Lipinski definition) is 1. The highest BCUT2D eigenvalue weighted by molar-refractivity contribution is 8.00. The maximum Gasteiger partial charge on any atom is 0.296 e. The van der Waals surface area contributed by atoms with Crippen LogP contribution >= 0.6 is 34.7 Å². The van der Waals surface area contributed by atoms with Gasteiger partial charge in [-0.05, 0) is 66.9 Å². The van der Waals surface area contributed by atoms with Gasteiger partial charge in [0.1, 0.15) is 12.4 Å². The van der Waals surface area contributed by atoms with Gasteiger partial charge in [-0.2, -0.15) is 0 Å². The Morgan fingerprint density at radius 3 is 2.50 bits per heavy atom. The van der Waals surface area contributed by atoms with Crippen molar-refractivity contribution in [1.29, 1.82) is 0 Å². The Hall–Kier alpha value is -4.58. The number of halogens is 1. The minimum absolute atomic E-state index is 0.00280. The van der Waals surface area contributed by atoms with E-state index in [1.807, 2.05) is 61.5 Å². The molecular formula is C34H28ClN3O6S2. The largest absolute Gasteiger partial charge is 0.503 e. The number of carbonyl (C=O) groups excluding carboxylic acids is 2. The molecule has 3 aromatic carbocycles. The quantitative estimate of drug-likeness (QED) is 0.0796. The monoisotopic (exact) mass is 673 g/mol. The number of carbonyl (C=O) groups is 2. The Morgan fingerprint density at radius 2 is 1.78 bits per heavy atom. The molecule has 1 unspecified atom stereocenters. The molecule has 1 N–H and O–H groups in total. The Morgan fingerprint density at radius 1 is 1.00 bits per heavy atom. The van der Waals surface area contributed by atoms with Crippen LogP contribution in [0.3, 0.4) is 0 Å². The average molecular weight is 674 g/mol. The number of hydrogen-bond acceptors (Lipinski definition) is 10. The van der Waals surface area contributed by atoms with Crippen LogP contribution in [0.15, 0.2) is 105 Å². The molecule has 0 saturated heterocycles. The van der Waals surface area contributed by atoms with Crippen molar-refractivity contribution in [1.82, 2.24) is 10.2 Å². The van der Waals surface area contributed by atoms with Gasteiger partial charge in [-0.1, -0.05) is 83.2 Å². The van der Waals surface area contributed by atoms with Crippen molar-refractivity contribution in [3.05, 3.63) is 129 Å². The molecule has 0 saturated carbocycles. The first-order valence-electron chi connectivity index (χ1n) is 14.3. The molecule has 9 nitrogen and oxygen atoms in total. The number of anilines is 1. The molecule has 1 atom stereocenters. The summed E-state index contributed by atoms with van der Waals surface area (Å²) in [6.07, 6.45) is 0. The van der Waals surface area contributed by atoms with Crippen LogP contribution in [0.4, 0.5) is 5.13 Å². The zero-order valence-corrected chi connectivity index (χ0v) is 27.2. The number of aryl methyl sites for hydroxylation is 1. The molecule has 3 heterocycles. The molecule has 0 spiro atoms. The first kappa shape index (κ1) is 31.4. The number of nitrogens with zero attached hydrogens (tertiary/aromatic N) is 3. The summed E-state index contributed by atoms with van der Waals surface area (Å²) in [4.78, 5) is 28.8. The fraction of sp³-hybridized carbons (Fsp3) is 0.176. The average Bonchev–Trinajstić information content (AvgIpc) is 3.78. The standard InChI is InChI=1S/C34H28ClN3O6S2/c1-3-42-27-17-23(12-16-25(27)43-18-21-7-5-4-6-8-21)29-28(30(39)26-15-9-20(2)44-26)31(40)32(41)38(29)33-36-37-34(46-33)45-19-22-10-13-24(35)14-11-22/h4-17,29,40H,3,18-19H2,1-2H3. The van der Waals surface area contributed by atoms with Crippen LogP contribution < -0.4 is 14.4 Å². The van der Waals surface area contributed by atoms with Crippen LogP contribution in [-0.4, -0.2) is 33.6 Å². The fourth-order valence-electron chi connectivity index (χ4n) is 4.94. The second-order valence-corrected chi connectivity index (χ2v) is 12.9. The van der Waals surface area contributed by atoms with Gasteiger partial charge < -0.3 is 19.0 Å². The van der Waals surface area contributed by atoms with Crippen LogP contribution in [0.5, 0.6) is 11.5 Å². The van der Waals surface area contributed by atoms with Crippen LogP contribution in [0, 0.1) is 6.92 Å². The highest BCUT2D eigenvalue weighted by atomic mass is 35.5. The SMILES string of the molecule is CCOc1cc(C2C(C(=O)c3ccc(C)o3)=C(O)C(=O)N2c2nnc(SCc3ccc(Cl)cc3)s2)ccc1OCc1ccccc1. The molecule has 12 heteroatoms. The molecular weight excluding hydrogens is 646 g/mol. The fourth-order valence-corrected chi connectivity index (χ4v) is 6.89. The molecule has 5 aromatic rings.